The maximum absolute atomic E-state index is 12.2. The van der Waals surface area contributed by atoms with Gasteiger partial charge in [-0.3, -0.25) is 4.79 Å². The van der Waals surface area contributed by atoms with Crippen molar-refractivity contribution in [3.8, 4) is 0 Å². The first-order valence-electron chi connectivity index (χ1n) is 7.10. The molecule has 0 aliphatic rings. The summed E-state index contributed by atoms with van der Waals surface area (Å²) < 4.78 is 5.50. The van der Waals surface area contributed by atoms with Crippen molar-refractivity contribution in [1.82, 2.24) is 5.32 Å². The first-order chi connectivity index (χ1) is 9.60. The van der Waals surface area contributed by atoms with E-state index in [-0.39, 0.29) is 12.3 Å². The molecule has 1 aromatic heterocycles. The summed E-state index contributed by atoms with van der Waals surface area (Å²) in [5.74, 6) is -0.134. The van der Waals surface area contributed by atoms with Crippen LogP contribution in [0.4, 0.5) is 0 Å². The summed E-state index contributed by atoms with van der Waals surface area (Å²) in [6.45, 7) is 8.98. The molecular formula is C17H23NO3. The van der Waals surface area contributed by atoms with Crippen molar-refractivity contribution >= 4 is 16.9 Å². The molecule has 0 atom stereocenters. The highest BCUT2D eigenvalue weighted by atomic mass is 16.3. The van der Waals surface area contributed by atoms with Gasteiger partial charge in [0, 0.05) is 10.9 Å². The SMILES string of the molecule is Cc1ccc2c(CC(=O)NC(C)(C)C(C)(C)O)coc2c1. The van der Waals surface area contributed by atoms with Crippen LogP contribution in [0.1, 0.15) is 38.8 Å². The highest BCUT2D eigenvalue weighted by Crippen LogP contribution is 2.24. The normalized spacial score (nSPS) is 12.7. The van der Waals surface area contributed by atoms with E-state index < -0.39 is 11.1 Å². The lowest BCUT2D eigenvalue weighted by Crippen LogP contribution is -2.58. The van der Waals surface area contributed by atoms with Crippen molar-refractivity contribution < 1.29 is 14.3 Å². The molecule has 1 aromatic carbocycles. The third-order valence-corrected chi connectivity index (χ3v) is 4.14. The van der Waals surface area contributed by atoms with E-state index in [1.165, 1.54) is 0 Å². The molecule has 0 saturated heterocycles. The average Bonchev–Trinajstić information content (AvgIpc) is 2.69. The molecule has 1 amide bonds. The first-order valence-corrected chi connectivity index (χ1v) is 7.10. The Morgan fingerprint density at radius 1 is 1.29 bits per heavy atom. The second-order valence-electron chi connectivity index (χ2n) is 6.67. The van der Waals surface area contributed by atoms with Crippen LogP contribution in [0.2, 0.25) is 0 Å². The van der Waals surface area contributed by atoms with Gasteiger partial charge < -0.3 is 14.8 Å². The summed E-state index contributed by atoms with van der Waals surface area (Å²) in [4.78, 5) is 12.2. The molecule has 0 aliphatic heterocycles. The van der Waals surface area contributed by atoms with E-state index in [9.17, 15) is 9.90 Å². The number of hydrogen-bond acceptors (Lipinski definition) is 3. The third-order valence-electron chi connectivity index (χ3n) is 4.14. The summed E-state index contributed by atoms with van der Waals surface area (Å²) >= 11 is 0. The van der Waals surface area contributed by atoms with E-state index in [4.69, 9.17) is 4.42 Å². The average molecular weight is 289 g/mol. The molecule has 0 bridgehead atoms. The number of nitrogens with one attached hydrogen (secondary N) is 1. The van der Waals surface area contributed by atoms with Gasteiger partial charge in [-0.2, -0.15) is 0 Å². The van der Waals surface area contributed by atoms with Gasteiger partial charge in [-0.25, -0.2) is 0 Å². The van der Waals surface area contributed by atoms with Crippen molar-refractivity contribution in [3.05, 3.63) is 35.6 Å². The lowest BCUT2D eigenvalue weighted by Gasteiger charge is -2.38. The monoisotopic (exact) mass is 289 g/mol. The maximum atomic E-state index is 12.2. The molecule has 2 rings (SSSR count). The highest BCUT2D eigenvalue weighted by Gasteiger charge is 2.36. The zero-order chi connectivity index (χ0) is 15.8. The molecule has 4 nitrogen and oxygen atoms in total. The largest absolute Gasteiger partial charge is 0.464 e. The van der Waals surface area contributed by atoms with Crippen LogP contribution in [-0.4, -0.2) is 22.2 Å². The number of carbonyl (C=O) groups excluding carboxylic acids is 1. The molecule has 0 radical (unpaired) electrons. The minimum atomic E-state index is -1.00. The lowest BCUT2D eigenvalue weighted by atomic mass is 9.86. The number of benzene rings is 1. The molecule has 114 valence electrons. The fourth-order valence-electron chi connectivity index (χ4n) is 2.05. The third kappa shape index (κ3) is 3.27. The van der Waals surface area contributed by atoms with Gasteiger partial charge in [0.1, 0.15) is 5.58 Å². The van der Waals surface area contributed by atoms with Gasteiger partial charge >= 0.3 is 0 Å². The number of hydrogen-bond donors (Lipinski definition) is 2. The van der Waals surface area contributed by atoms with Crippen molar-refractivity contribution in [2.75, 3.05) is 0 Å². The van der Waals surface area contributed by atoms with Gasteiger partial charge in [-0.15, -0.1) is 0 Å². The quantitative estimate of drug-likeness (QED) is 0.909. The van der Waals surface area contributed by atoms with Crippen molar-refractivity contribution in [3.63, 3.8) is 0 Å². The predicted molar refractivity (Wildman–Crippen MR) is 83.2 cm³/mol. The Bertz CT molecular complexity index is 662. The minimum Gasteiger partial charge on any atom is -0.464 e. The number of furan rings is 1. The van der Waals surface area contributed by atoms with Gasteiger partial charge in [-0.05, 0) is 46.2 Å². The summed E-state index contributed by atoms with van der Waals surface area (Å²) in [6.07, 6.45) is 1.86. The summed E-state index contributed by atoms with van der Waals surface area (Å²) in [5.41, 5.74) is 1.06. The van der Waals surface area contributed by atoms with E-state index in [2.05, 4.69) is 5.32 Å². The molecule has 0 unspecified atom stereocenters. The zero-order valence-corrected chi connectivity index (χ0v) is 13.3. The molecule has 0 spiro atoms. The van der Waals surface area contributed by atoms with Crippen molar-refractivity contribution in [2.45, 2.75) is 52.2 Å². The van der Waals surface area contributed by atoms with E-state index >= 15 is 0 Å². The molecule has 2 N–H and O–H groups in total. The van der Waals surface area contributed by atoms with Gasteiger partial charge in [0.05, 0.1) is 23.8 Å². The van der Waals surface area contributed by atoms with Crippen LogP contribution < -0.4 is 5.32 Å². The number of aliphatic hydroxyl groups is 1. The number of rotatable bonds is 4. The van der Waals surface area contributed by atoms with Gasteiger partial charge in [0.15, 0.2) is 0 Å². The molecule has 4 heteroatoms. The number of aryl methyl sites for hydroxylation is 1. The van der Waals surface area contributed by atoms with Crippen LogP contribution in [0.25, 0.3) is 11.0 Å². The van der Waals surface area contributed by atoms with Crippen LogP contribution in [0, 0.1) is 6.92 Å². The lowest BCUT2D eigenvalue weighted by molar-refractivity contribution is -0.125. The topological polar surface area (TPSA) is 62.5 Å². The van der Waals surface area contributed by atoms with Crippen LogP contribution in [0.3, 0.4) is 0 Å². The number of fused-ring (bicyclic) bond motifs is 1. The number of amides is 1. The number of carbonyl (C=O) groups is 1. The molecule has 0 aliphatic carbocycles. The van der Waals surface area contributed by atoms with Crippen molar-refractivity contribution in [2.24, 2.45) is 0 Å². The Hall–Kier alpha value is -1.81. The Balaban J connectivity index is 2.16. The van der Waals surface area contributed by atoms with Crippen LogP contribution in [0.15, 0.2) is 28.9 Å². The molecule has 0 fully saturated rings. The zero-order valence-electron chi connectivity index (χ0n) is 13.3. The standard InChI is InChI=1S/C17H23NO3/c1-11-6-7-13-12(10-21-14(13)8-11)9-15(19)18-16(2,3)17(4,5)20/h6-8,10,20H,9H2,1-5H3,(H,18,19). The summed E-state index contributed by atoms with van der Waals surface area (Å²) in [5, 5.41) is 13.9. The van der Waals surface area contributed by atoms with Gasteiger partial charge in [-0.1, -0.05) is 12.1 Å². The predicted octanol–water partition coefficient (Wildman–Crippen LogP) is 2.95. The van der Waals surface area contributed by atoms with Crippen LogP contribution >= 0.6 is 0 Å². The fourth-order valence-corrected chi connectivity index (χ4v) is 2.05. The van der Waals surface area contributed by atoms with E-state index in [0.29, 0.717) is 0 Å². The van der Waals surface area contributed by atoms with E-state index in [0.717, 1.165) is 22.1 Å². The van der Waals surface area contributed by atoms with Gasteiger partial charge in [0.2, 0.25) is 5.91 Å². The van der Waals surface area contributed by atoms with Gasteiger partial charge in [0.25, 0.3) is 0 Å². The molecule has 1 heterocycles. The Kier molecular flexibility index (Phi) is 3.85. The molecule has 0 saturated carbocycles. The van der Waals surface area contributed by atoms with E-state index in [1.807, 2.05) is 39.0 Å². The first kappa shape index (κ1) is 15.6. The Morgan fingerprint density at radius 3 is 2.57 bits per heavy atom. The Labute approximate surface area is 125 Å². The second-order valence-corrected chi connectivity index (χ2v) is 6.67. The maximum Gasteiger partial charge on any atom is 0.225 e. The van der Waals surface area contributed by atoms with Crippen molar-refractivity contribution in [1.29, 1.82) is 0 Å². The molecule has 2 aromatic rings. The molecule has 21 heavy (non-hydrogen) atoms. The smallest absolute Gasteiger partial charge is 0.225 e. The highest BCUT2D eigenvalue weighted by molar-refractivity contribution is 5.88. The Morgan fingerprint density at radius 2 is 1.95 bits per heavy atom. The van der Waals surface area contributed by atoms with Crippen LogP contribution in [-0.2, 0) is 11.2 Å². The van der Waals surface area contributed by atoms with Crippen LogP contribution in [0.5, 0.6) is 0 Å². The minimum absolute atomic E-state index is 0.134. The fraction of sp³-hybridized carbons (Fsp3) is 0.471. The van der Waals surface area contributed by atoms with E-state index in [1.54, 1.807) is 20.1 Å². The summed E-state index contributed by atoms with van der Waals surface area (Å²) in [7, 11) is 0. The summed E-state index contributed by atoms with van der Waals surface area (Å²) in [6, 6.07) is 5.93. The second kappa shape index (κ2) is 5.19. The molecular weight excluding hydrogens is 266 g/mol.